The topological polar surface area (TPSA) is 9.23 Å². The molecule has 1 aromatic rings. The molecule has 0 unspecified atom stereocenters. The molecule has 1 aliphatic rings. The third kappa shape index (κ3) is 2.50. The number of rotatable bonds is 3. The van der Waals surface area contributed by atoms with Gasteiger partial charge in [-0.1, -0.05) is 18.7 Å². The van der Waals surface area contributed by atoms with Crippen LogP contribution in [-0.4, -0.2) is 19.0 Å². The first-order chi connectivity index (χ1) is 7.70. The summed E-state index contributed by atoms with van der Waals surface area (Å²) in [5.41, 5.74) is 2.61. The third-order valence-electron chi connectivity index (χ3n) is 3.24. The minimum atomic E-state index is 0.313. The summed E-state index contributed by atoms with van der Waals surface area (Å²) >= 11 is 1.78. The summed E-state index contributed by atoms with van der Waals surface area (Å²) in [4.78, 5) is 1.32. The highest BCUT2D eigenvalue weighted by Gasteiger charge is 2.27. The molecule has 0 radical (unpaired) electrons. The molecule has 1 heterocycles. The van der Waals surface area contributed by atoms with Gasteiger partial charge in [-0.3, -0.25) is 0 Å². The van der Waals surface area contributed by atoms with Gasteiger partial charge >= 0.3 is 0 Å². The Hall–Kier alpha value is -0.730. The summed E-state index contributed by atoms with van der Waals surface area (Å²) in [5, 5.41) is 0. The second-order valence-corrected chi connectivity index (χ2v) is 5.21. The average Bonchev–Trinajstić information content (AvgIpc) is 2.62. The third-order valence-corrected chi connectivity index (χ3v) is 3.98. The van der Waals surface area contributed by atoms with E-state index in [0.717, 1.165) is 13.0 Å². The van der Waals surface area contributed by atoms with Gasteiger partial charge in [0.1, 0.15) is 0 Å². The number of hydrogen-bond acceptors (Lipinski definition) is 2. The molecule has 0 bridgehead atoms. The van der Waals surface area contributed by atoms with Crippen LogP contribution < -0.4 is 0 Å². The fourth-order valence-corrected chi connectivity index (χ4v) is 2.53. The summed E-state index contributed by atoms with van der Waals surface area (Å²) in [5.74, 6) is 0.486. The van der Waals surface area contributed by atoms with Crippen molar-refractivity contribution in [2.75, 3.05) is 12.9 Å². The van der Waals surface area contributed by atoms with Crippen molar-refractivity contribution in [2.24, 2.45) is 5.92 Å². The molecule has 1 aliphatic heterocycles. The van der Waals surface area contributed by atoms with Gasteiger partial charge in [0, 0.05) is 10.8 Å². The zero-order valence-corrected chi connectivity index (χ0v) is 10.7. The minimum absolute atomic E-state index is 0.313. The lowest BCUT2D eigenvalue weighted by Gasteiger charge is -2.14. The van der Waals surface area contributed by atoms with Gasteiger partial charge in [0.2, 0.25) is 0 Å². The molecule has 0 N–H and O–H groups in total. The molecular weight excluding hydrogens is 216 g/mol. The van der Waals surface area contributed by atoms with E-state index in [0.29, 0.717) is 12.0 Å². The lowest BCUT2D eigenvalue weighted by molar-refractivity contribution is 0.106. The molecule has 0 amide bonds. The van der Waals surface area contributed by atoms with Crippen LogP contribution in [-0.2, 0) is 11.2 Å². The molecule has 0 aromatic heterocycles. The van der Waals surface area contributed by atoms with Gasteiger partial charge in [-0.05, 0) is 42.9 Å². The van der Waals surface area contributed by atoms with E-state index in [1.165, 1.54) is 16.0 Å². The Bertz CT molecular complexity index is 369. The first-order valence-electron chi connectivity index (χ1n) is 5.63. The van der Waals surface area contributed by atoms with E-state index in [4.69, 9.17) is 4.74 Å². The van der Waals surface area contributed by atoms with Crippen LogP contribution in [0.15, 0.2) is 41.3 Å². The van der Waals surface area contributed by atoms with Crippen LogP contribution in [0.5, 0.6) is 0 Å². The number of hydrogen-bond donors (Lipinski definition) is 0. The lowest BCUT2D eigenvalue weighted by Crippen LogP contribution is -2.14. The minimum Gasteiger partial charge on any atom is -0.374 e. The Morgan fingerprint density at radius 2 is 2.06 bits per heavy atom. The summed E-state index contributed by atoms with van der Waals surface area (Å²) in [6.45, 7) is 6.96. The summed E-state index contributed by atoms with van der Waals surface area (Å²) in [6, 6.07) is 8.79. The van der Waals surface area contributed by atoms with Crippen LogP contribution in [0.2, 0.25) is 0 Å². The van der Waals surface area contributed by atoms with Crippen molar-refractivity contribution in [1.82, 2.24) is 0 Å². The molecule has 16 heavy (non-hydrogen) atoms. The molecule has 1 nitrogen and oxygen atoms in total. The molecule has 0 aliphatic carbocycles. The van der Waals surface area contributed by atoms with Crippen molar-refractivity contribution < 1.29 is 4.74 Å². The fourth-order valence-electron chi connectivity index (χ4n) is 2.12. The Kier molecular flexibility index (Phi) is 3.72. The fraction of sp³-hybridized carbons (Fsp3) is 0.429. The van der Waals surface area contributed by atoms with Crippen LogP contribution in [0.25, 0.3) is 0 Å². The van der Waals surface area contributed by atoms with Crippen molar-refractivity contribution in [3.63, 3.8) is 0 Å². The van der Waals surface area contributed by atoms with Crippen molar-refractivity contribution in [3.05, 3.63) is 42.0 Å². The Balaban J connectivity index is 2.05. The number of benzene rings is 1. The van der Waals surface area contributed by atoms with Crippen LogP contribution in [0.1, 0.15) is 12.5 Å². The van der Waals surface area contributed by atoms with Gasteiger partial charge in [-0.2, -0.15) is 0 Å². The van der Waals surface area contributed by atoms with Crippen molar-refractivity contribution >= 4 is 11.8 Å². The quantitative estimate of drug-likeness (QED) is 0.584. The molecule has 2 rings (SSSR count). The second kappa shape index (κ2) is 5.07. The highest BCUT2D eigenvalue weighted by atomic mass is 32.2. The Labute approximate surface area is 102 Å². The van der Waals surface area contributed by atoms with Gasteiger partial charge in [0.15, 0.2) is 0 Å². The highest BCUT2D eigenvalue weighted by molar-refractivity contribution is 7.98. The maximum Gasteiger partial charge on any atom is 0.0681 e. The average molecular weight is 234 g/mol. The van der Waals surface area contributed by atoms with Gasteiger partial charge in [-0.15, -0.1) is 11.8 Å². The van der Waals surface area contributed by atoms with E-state index in [9.17, 15) is 0 Å². The van der Waals surface area contributed by atoms with Crippen LogP contribution in [0, 0.1) is 5.92 Å². The predicted molar refractivity (Wildman–Crippen MR) is 70.0 cm³/mol. The molecule has 2 heteroatoms. The molecule has 1 saturated heterocycles. The molecule has 0 saturated carbocycles. The van der Waals surface area contributed by atoms with E-state index in [1.54, 1.807) is 11.8 Å². The lowest BCUT2D eigenvalue weighted by atomic mass is 9.91. The first kappa shape index (κ1) is 11.7. The normalized spacial score (nSPS) is 25.0. The highest BCUT2D eigenvalue weighted by Crippen LogP contribution is 2.28. The van der Waals surface area contributed by atoms with E-state index in [2.05, 4.69) is 44.0 Å². The van der Waals surface area contributed by atoms with Crippen LogP contribution in [0.3, 0.4) is 0 Å². The molecule has 1 fully saturated rings. The zero-order valence-electron chi connectivity index (χ0n) is 9.90. The first-order valence-corrected chi connectivity index (χ1v) is 6.85. The van der Waals surface area contributed by atoms with Gasteiger partial charge in [0.05, 0.1) is 12.7 Å². The molecule has 2 atom stereocenters. The van der Waals surface area contributed by atoms with Crippen LogP contribution >= 0.6 is 11.8 Å². The standard InChI is InChI=1S/C14H18OS/c1-10-9-15-11(2)14(10)8-12-4-6-13(16-3)7-5-12/h4-7,11,14H,1,8-9H2,2-3H3/t11-,14+/m0/s1. The Morgan fingerprint density at radius 1 is 1.38 bits per heavy atom. The predicted octanol–water partition coefficient (Wildman–Crippen LogP) is 3.54. The van der Waals surface area contributed by atoms with Crippen molar-refractivity contribution in [3.8, 4) is 0 Å². The summed E-state index contributed by atoms with van der Waals surface area (Å²) < 4.78 is 5.59. The van der Waals surface area contributed by atoms with E-state index < -0.39 is 0 Å². The second-order valence-electron chi connectivity index (χ2n) is 4.33. The SMILES string of the molecule is C=C1CO[C@@H](C)[C@@H]1Cc1ccc(SC)cc1. The van der Waals surface area contributed by atoms with E-state index in [1.807, 2.05) is 0 Å². The van der Waals surface area contributed by atoms with Crippen LogP contribution in [0.4, 0.5) is 0 Å². The van der Waals surface area contributed by atoms with Gasteiger partial charge in [0.25, 0.3) is 0 Å². The maximum atomic E-state index is 5.59. The van der Waals surface area contributed by atoms with Gasteiger partial charge < -0.3 is 4.74 Å². The largest absolute Gasteiger partial charge is 0.374 e. The van der Waals surface area contributed by atoms with Crippen molar-refractivity contribution in [2.45, 2.75) is 24.3 Å². The summed E-state index contributed by atoms with van der Waals surface area (Å²) in [7, 11) is 0. The monoisotopic (exact) mass is 234 g/mol. The molecule has 1 aromatic carbocycles. The van der Waals surface area contributed by atoms with Crippen molar-refractivity contribution in [1.29, 1.82) is 0 Å². The van der Waals surface area contributed by atoms with E-state index >= 15 is 0 Å². The smallest absolute Gasteiger partial charge is 0.0681 e. The molecule has 0 spiro atoms. The molecule has 86 valence electrons. The van der Waals surface area contributed by atoms with E-state index in [-0.39, 0.29) is 0 Å². The number of thioether (sulfide) groups is 1. The van der Waals surface area contributed by atoms with Gasteiger partial charge in [-0.25, -0.2) is 0 Å². The Morgan fingerprint density at radius 3 is 2.56 bits per heavy atom. The number of ether oxygens (including phenoxy) is 1. The molecular formula is C14H18OS. The summed E-state index contributed by atoms with van der Waals surface area (Å²) in [6.07, 6.45) is 3.46. The maximum absolute atomic E-state index is 5.59. The zero-order chi connectivity index (χ0) is 11.5.